The molecule has 2 aromatic carbocycles. The van der Waals surface area contributed by atoms with Crippen LogP contribution < -0.4 is 9.62 Å². The summed E-state index contributed by atoms with van der Waals surface area (Å²) in [5.74, 6) is 0.0847. The van der Waals surface area contributed by atoms with Gasteiger partial charge in [-0.15, -0.1) is 0 Å². The first-order chi connectivity index (χ1) is 11.5. The Kier molecular flexibility index (Phi) is 4.69. The van der Waals surface area contributed by atoms with Crippen molar-refractivity contribution >= 4 is 21.6 Å². The van der Waals surface area contributed by atoms with E-state index in [1.165, 1.54) is 0 Å². The Bertz CT molecular complexity index is 817. The van der Waals surface area contributed by atoms with E-state index in [2.05, 4.69) is 4.72 Å². The standard InChI is InChI=1S/C18H20N2O3S/c1-14(15-6-3-2-4-7-15)19-24(22,23)17-11-9-16(10-12-17)20-13-5-8-18(20)21/h2-4,6-7,9-12,14,19H,5,8,13H2,1H3/t14-/m1/s1. The van der Waals surface area contributed by atoms with Gasteiger partial charge in [0.05, 0.1) is 4.90 Å². The summed E-state index contributed by atoms with van der Waals surface area (Å²) < 4.78 is 27.7. The molecule has 3 rings (SSSR count). The zero-order chi connectivity index (χ0) is 17.2. The van der Waals surface area contributed by atoms with Crippen molar-refractivity contribution in [2.75, 3.05) is 11.4 Å². The average molecular weight is 344 g/mol. The quantitative estimate of drug-likeness (QED) is 0.907. The summed E-state index contributed by atoms with van der Waals surface area (Å²) in [4.78, 5) is 13.6. The van der Waals surface area contributed by atoms with E-state index in [-0.39, 0.29) is 16.8 Å². The van der Waals surface area contributed by atoms with Crippen LogP contribution in [0.3, 0.4) is 0 Å². The fourth-order valence-electron chi connectivity index (χ4n) is 2.84. The van der Waals surface area contributed by atoms with E-state index in [1.807, 2.05) is 37.3 Å². The average Bonchev–Trinajstić information content (AvgIpc) is 3.01. The molecule has 1 heterocycles. The van der Waals surface area contributed by atoms with Gasteiger partial charge >= 0.3 is 0 Å². The van der Waals surface area contributed by atoms with Gasteiger partial charge in [-0.2, -0.15) is 0 Å². The normalized spacial score (nSPS) is 16.4. The molecule has 0 saturated carbocycles. The number of nitrogens with one attached hydrogen (secondary N) is 1. The highest BCUT2D eigenvalue weighted by molar-refractivity contribution is 7.89. The molecule has 1 fully saturated rings. The Hall–Kier alpha value is -2.18. The molecule has 0 spiro atoms. The molecule has 5 nitrogen and oxygen atoms in total. The molecule has 126 valence electrons. The highest BCUT2D eigenvalue weighted by atomic mass is 32.2. The number of carbonyl (C=O) groups excluding carboxylic acids is 1. The van der Waals surface area contributed by atoms with Crippen molar-refractivity contribution < 1.29 is 13.2 Å². The molecule has 1 atom stereocenters. The van der Waals surface area contributed by atoms with Crippen molar-refractivity contribution in [3.05, 3.63) is 60.2 Å². The summed E-state index contributed by atoms with van der Waals surface area (Å²) in [5, 5.41) is 0. The Morgan fingerprint density at radius 2 is 1.71 bits per heavy atom. The second-order valence-corrected chi connectivity index (χ2v) is 7.61. The SMILES string of the molecule is C[C@@H](NS(=O)(=O)c1ccc(N2CCCC2=O)cc1)c1ccccc1. The molecule has 1 amide bonds. The zero-order valence-corrected chi connectivity index (χ0v) is 14.3. The topological polar surface area (TPSA) is 66.5 Å². The number of nitrogens with zero attached hydrogens (tertiary/aromatic N) is 1. The number of hydrogen-bond acceptors (Lipinski definition) is 3. The van der Waals surface area contributed by atoms with Gasteiger partial charge in [0.25, 0.3) is 0 Å². The first-order valence-electron chi connectivity index (χ1n) is 7.95. The number of carbonyl (C=O) groups is 1. The molecule has 1 aliphatic heterocycles. The second kappa shape index (κ2) is 6.75. The van der Waals surface area contributed by atoms with E-state index >= 15 is 0 Å². The lowest BCUT2D eigenvalue weighted by molar-refractivity contribution is -0.117. The zero-order valence-electron chi connectivity index (χ0n) is 13.5. The lowest BCUT2D eigenvalue weighted by atomic mass is 10.1. The van der Waals surface area contributed by atoms with E-state index in [0.29, 0.717) is 13.0 Å². The summed E-state index contributed by atoms with van der Waals surface area (Å²) >= 11 is 0. The first-order valence-corrected chi connectivity index (χ1v) is 9.43. The molecule has 1 saturated heterocycles. The van der Waals surface area contributed by atoms with Gasteiger partial charge in [0.2, 0.25) is 15.9 Å². The van der Waals surface area contributed by atoms with Crippen molar-refractivity contribution in [2.45, 2.75) is 30.7 Å². The molecular formula is C18H20N2O3S. The van der Waals surface area contributed by atoms with Crippen LogP contribution in [-0.4, -0.2) is 20.9 Å². The highest BCUT2D eigenvalue weighted by Crippen LogP contribution is 2.23. The Morgan fingerprint density at radius 1 is 1.04 bits per heavy atom. The predicted octanol–water partition coefficient (Wildman–Crippen LogP) is 2.85. The van der Waals surface area contributed by atoms with Crippen molar-refractivity contribution in [3.8, 4) is 0 Å². The lowest BCUT2D eigenvalue weighted by Crippen LogP contribution is -2.27. The molecule has 1 aliphatic rings. The molecule has 2 aromatic rings. The van der Waals surface area contributed by atoms with Crippen molar-refractivity contribution in [1.29, 1.82) is 0 Å². The van der Waals surface area contributed by atoms with Gasteiger partial charge in [-0.3, -0.25) is 4.79 Å². The monoisotopic (exact) mass is 344 g/mol. The van der Waals surface area contributed by atoms with Crippen LogP contribution in [0.15, 0.2) is 59.5 Å². The maximum atomic E-state index is 12.5. The molecule has 24 heavy (non-hydrogen) atoms. The van der Waals surface area contributed by atoms with E-state index in [9.17, 15) is 13.2 Å². The van der Waals surface area contributed by atoms with E-state index < -0.39 is 10.0 Å². The minimum atomic E-state index is -3.61. The van der Waals surface area contributed by atoms with Crippen LogP contribution in [0.4, 0.5) is 5.69 Å². The minimum absolute atomic E-state index is 0.0847. The summed E-state index contributed by atoms with van der Waals surface area (Å²) in [6.45, 7) is 2.50. The van der Waals surface area contributed by atoms with E-state index in [0.717, 1.165) is 17.7 Å². The number of anilines is 1. The molecule has 0 aromatic heterocycles. The van der Waals surface area contributed by atoms with Gasteiger partial charge in [0, 0.05) is 24.7 Å². The molecule has 0 radical (unpaired) electrons. The third-order valence-electron chi connectivity index (χ3n) is 4.16. The van der Waals surface area contributed by atoms with Crippen molar-refractivity contribution in [2.24, 2.45) is 0 Å². The minimum Gasteiger partial charge on any atom is -0.312 e. The fraction of sp³-hybridized carbons (Fsp3) is 0.278. The smallest absolute Gasteiger partial charge is 0.241 e. The Balaban J connectivity index is 1.76. The van der Waals surface area contributed by atoms with Crippen molar-refractivity contribution in [1.82, 2.24) is 4.72 Å². The lowest BCUT2D eigenvalue weighted by Gasteiger charge is -2.17. The van der Waals surface area contributed by atoms with Crippen LogP contribution in [0.5, 0.6) is 0 Å². The number of benzene rings is 2. The summed E-state index contributed by atoms with van der Waals surface area (Å²) in [6, 6.07) is 15.5. The molecular weight excluding hydrogens is 324 g/mol. The summed E-state index contributed by atoms with van der Waals surface area (Å²) in [7, 11) is -3.61. The molecule has 0 aliphatic carbocycles. The number of amides is 1. The first kappa shape index (κ1) is 16.7. The predicted molar refractivity (Wildman–Crippen MR) is 93.2 cm³/mol. The van der Waals surface area contributed by atoms with E-state index in [4.69, 9.17) is 0 Å². The number of hydrogen-bond donors (Lipinski definition) is 1. The Labute approximate surface area is 142 Å². The van der Waals surface area contributed by atoms with Gasteiger partial charge in [0.1, 0.15) is 0 Å². The van der Waals surface area contributed by atoms with Crippen LogP contribution in [0.25, 0.3) is 0 Å². The largest absolute Gasteiger partial charge is 0.312 e. The van der Waals surface area contributed by atoms with Gasteiger partial charge in [-0.1, -0.05) is 30.3 Å². The number of sulfonamides is 1. The summed E-state index contributed by atoms with van der Waals surface area (Å²) in [5.41, 5.74) is 1.65. The third kappa shape index (κ3) is 3.49. The van der Waals surface area contributed by atoms with Crippen LogP contribution in [0.2, 0.25) is 0 Å². The van der Waals surface area contributed by atoms with Gasteiger partial charge in [-0.05, 0) is 43.2 Å². The van der Waals surface area contributed by atoms with Crippen LogP contribution in [0.1, 0.15) is 31.4 Å². The maximum absolute atomic E-state index is 12.5. The van der Waals surface area contributed by atoms with Gasteiger partial charge in [0.15, 0.2) is 0 Å². The maximum Gasteiger partial charge on any atom is 0.241 e. The van der Waals surface area contributed by atoms with Crippen LogP contribution in [0, 0.1) is 0 Å². The van der Waals surface area contributed by atoms with Gasteiger partial charge in [-0.25, -0.2) is 13.1 Å². The summed E-state index contributed by atoms with van der Waals surface area (Å²) in [6.07, 6.45) is 1.39. The van der Waals surface area contributed by atoms with Crippen LogP contribution >= 0.6 is 0 Å². The molecule has 6 heteroatoms. The second-order valence-electron chi connectivity index (χ2n) is 5.90. The van der Waals surface area contributed by atoms with Crippen LogP contribution in [-0.2, 0) is 14.8 Å². The fourth-order valence-corrected chi connectivity index (χ4v) is 4.07. The molecule has 1 N–H and O–H groups in total. The van der Waals surface area contributed by atoms with Gasteiger partial charge < -0.3 is 4.90 Å². The van der Waals surface area contributed by atoms with Crippen molar-refractivity contribution in [3.63, 3.8) is 0 Å². The van der Waals surface area contributed by atoms with E-state index in [1.54, 1.807) is 29.2 Å². The number of rotatable bonds is 5. The highest BCUT2D eigenvalue weighted by Gasteiger charge is 2.23. The molecule has 0 bridgehead atoms. The Morgan fingerprint density at radius 3 is 2.29 bits per heavy atom. The third-order valence-corrected chi connectivity index (χ3v) is 5.72. The molecule has 0 unspecified atom stereocenters.